The third-order valence-corrected chi connectivity index (χ3v) is 2.81. The summed E-state index contributed by atoms with van der Waals surface area (Å²) in [5.41, 5.74) is 4.43. The molecular formula is C18H41NO3. The zero-order chi connectivity index (χ0) is 18.2. The van der Waals surface area contributed by atoms with Crippen molar-refractivity contribution < 1.29 is 14.6 Å². The molecule has 0 amide bonds. The lowest BCUT2D eigenvalue weighted by Gasteiger charge is -2.34. The van der Waals surface area contributed by atoms with Gasteiger partial charge in [-0.3, -0.25) is 0 Å². The van der Waals surface area contributed by atoms with Gasteiger partial charge in [0.1, 0.15) is 0 Å². The molecular weight excluding hydrogens is 278 g/mol. The SMILES string of the molecule is CC.CC(C)(N)CC(C)(C)OCCOC(C)(C)CC(C)(C)O. The van der Waals surface area contributed by atoms with E-state index in [2.05, 4.69) is 0 Å². The molecule has 0 aromatic heterocycles. The zero-order valence-corrected chi connectivity index (χ0v) is 16.7. The molecule has 0 aromatic carbocycles. The van der Waals surface area contributed by atoms with Crippen LogP contribution >= 0.6 is 0 Å². The van der Waals surface area contributed by atoms with Crippen molar-refractivity contribution >= 4 is 0 Å². The minimum Gasteiger partial charge on any atom is -0.390 e. The molecule has 4 nitrogen and oxygen atoms in total. The normalized spacial score (nSPS) is 13.6. The highest BCUT2D eigenvalue weighted by Crippen LogP contribution is 2.24. The van der Waals surface area contributed by atoms with Gasteiger partial charge in [-0.15, -0.1) is 0 Å². The number of rotatable bonds is 9. The molecule has 0 aromatic rings. The van der Waals surface area contributed by atoms with E-state index in [1.807, 2.05) is 55.4 Å². The van der Waals surface area contributed by atoms with Gasteiger partial charge in [0, 0.05) is 12.0 Å². The van der Waals surface area contributed by atoms with E-state index in [1.165, 1.54) is 0 Å². The van der Waals surface area contributed by atoms with Crippen LogP contribution in [0.2, 0.25) is 0 Å². The molecule has 0 unspecified atom stereocenters. The molecule has 0 aliphatic heterocycles. The summed E-state index contributed by atoms with van der Waals surface area (Å²) in [5.74, 6) is 0. The molecule has 0 bridgehead atoms. The van der Waals surface area contributed by atoms with Gasteiger partial charge in [-0.05, 0) is 61.8 Å². The summed E-state index contributed by atoms with van der Waals surface area (Å²) in [4.78, 5) is 0. The summed E-state index contributed by atoms with van der Waals surface area (Å²) in [6.07, 6.45) is 1.37. The highest BCUT2D eigenvalue weighted by molar-refractivity contribution is 4.83. The second-order valence-electron chi connectivity index (χ2n) is 8.37. The highest BCUT2D eigenvalue weighted by atomic mass is 16.5. The Hall–Kier alpha value is -0.160. The third-order valence-electron chi connectivity index (χ3n) is 2.81. The first-order valence-electron chi connectivity index (χ1n) is 8.41. The Morgan fingerprint density at radius 1 is 0.727 bits per heavy atom. The van der Waals surface area contributed by atoms with Crippen LogP contribution in [0.15, 0.2) is 0 Å². The molecule has 4 heteroatoms. The van der Waals surface area contributed by atoms with Gasteiger partial charge in [0.15, 0.2) is 0 Å². The molecule has 0 aliphatic carbocycles. The minimum absolute atomic E-state index is 0.245. The van der Waals surface area contributed by atoms with E-state index in [9.17, 15) is 5.11 Å². The van der Waals surface area contributed by atoms with Gasteiger partial charge < -0.3 is 20.3 Å². The fourth-order valence-corrected chi connectivity index (χ4v) is 2.88. The van der Waals surface area contributed by atoms with Crippen LogP contribution in [0.5, 0.6) is 0 Å². The maximum Gasteiger partial charge on any atom is 0.0708 e. The van der Waals surface area contributed by atoms with E-state index < -0.39 is 5.60 Å². The number of nitrogens with two attached hydrogens (primary N) is 1. The number of hydrogen-bond acceptors (Lipinski definition) is 4. The lowest BCUT2D eigenvalue weighted by Crippen LogP contribution is -2.42. The van der Waals surface area contributed by atoms with Crippen molar-refractivity contribution in [3.63, 3.8) is 0 Å². The molecule has 0 fully saturated rings. The molecule has 0 saturated carbocycles. The van der Waals surface area contributed by atoms with Crippen LogP contribution in [-0.2, 0) is 9.47 Å². The Morgan fingerprint density at radius 3 is 1.32 bits per heavy atom. The van der Waals surface area contributed by atoms with Crippen LogP contribution < -0.4 is 5.73 Å². The topological polar surface area (TPSA) is 64.7 Å². The van der Waals surface area contributed by atoms with E-state index in [1.54, 1.807) is 13.8 Å². The molecule has 0 spiro atoms. The van der Waals surface area contributed by atoms with Gasteiger partial charge in [0.05, 0.1) is 30.0 Å². The van der Waals surface area contributed by atoms with Crippen molar-refractivity contribution in [3.05, 3.63) is 0 Å². The van der Waals surface area contributed by atoms with E-state index in [4.69, 9.17) is 15.2 Å². The van der Waals surface area contributed by atoms with E-state index in [0.717, 1.165) is 6.42 Å². The van der Waals surface area contributed by atoms with Crippen molar-refractivity contribution in [2.24, 2.45) is 5.73 Å². The lowest BCUT2D eigenvalue weighted by atomic mass is 9.90. The van der Waals surface area contributed by atoms with Crippen molar-refractivity contribution in [2.45, 2.75) is 104 Å². The predicted octanol–water partition coefficient (Wildman–Crippen LogP) is 3.89. The maximum absolute atomic E-state index is 9.84. The van der Waals surface area contributed by atoms with Crippen molar-refractivity contribution in [2.75, 3.05) is 13.2 Å². The minimum atomic E-state index is -0.729. The molecule has 0 heterocycles. The van der Waals surface area contributed by atoms with Crippen molar-refractivity contribution in [3.8, 4) is 0 Å². The van der Waals surface area contributed by atoms with Gasteiger partial charge in [-0.1, -0.05) is 13.8 Å². The van der Waals surface area contributed by atoms with E-state index in [0.29, 0.717) is 19.6 Å². The average Bonchev–Trinajstić information content (AvgIpc) is 2.20. The fourth-order valence-electron chi connectivity index (χ4n) is 2.88. The first-order valence-corrected chi connectivity index (χ1v) is 8.41. The fraction of sp³-hybridized carbons (Fsp3) is 1.00. The predicted molar refractivity (Wildman–Crippen MR) is 95.2 cm³/mol. The van der Waals surface area contributed by atoms with Gasteiger partial charge in [-0.2, -0.15) is 0 Å². The first-order chi connectivity index (χ1) is 9.62. The molecule has 0 atom stereocenters. The van der Waals surface area contributed by atoms with Crippen LogP contribution in [0.3, 0.4) is 0 Å². The van der Waals surface area contributed by atoms with Crippen LogP contribution in [0, 0.1) is 0 Å². The molecule has 22 heavy (non-hydrogen) atoms. The quantitative estimate of drug-likeness (QED) is 0.633. The van der Waals surface area contributed by atoms with Crippen LogP contribution in [-0.4, -0.2) is 40.7 Å². The number of aliphatic hydroxyl groups is 1. The molecule has 3 N–H and O–H groups in total. The summed E-state index contributed by atoms with van der Waals surface area (Å²) < 4.78 is 11.7. The number of hydrogen-bond donors (Lipinski definition) is 2. The average molecular weight is 320 g/mol. The van der Waals surface area contributed by atoms with Gasteiger partial charge in [0.25, 0.3) is 0 Å². The summed E-state index contributed by atoms with van der Waals surface area (Å²) in [5, 5.41) is 9.84. The van der Waals surface area contributed by atoms with Gasteiger partial charge in [0.2, 0.25) is 0 Å². The smallest absolute Gasteiger partial charge is 0.0708 e. The second kappa shape index (κ2) is 9.21. The maximum atomic E-state index is 9.84. The van der Waals surface area contributed by atoms with Crippen LogP contribution in [0.4, 0.5) is 0 Å². The van der Waals surface area contributed by atoms with Crippen LogP contribution in [0.25, 0.3) is 0 Å². The molecule has 0 saturated heterocycles. The van der Waals surface area contributed by atoms with E-state index in [-0.39, 0.29) is 16.7 Å². The Labute approximate surface area is 138 Å². The largest absolute Gasteiger partial charge is 0.390 e. The van der Waals surface area contributed by atoms with Gasteiger partial charge >= 0.3 is 0 Å². The second-order valence-corrected chi connectivity index (χ2v) is 8.37. The molecule has 0 rings (SSSR count). The third kappa shape index (κ3) is 16.2. The Bertz CT molecular complexity index is 256. The molecule has 0 aliphatic rings. The summed E-state index contributed by atoms with van der Waals surface area (Å²) >= 11 is 0. The summed E-state index contributed by atoms with van der Waals surface area (Å²) in [6.45, 7) is 20.7. The Morgan fingerprint density at radius 2 is 1.05 bits per heavy atom. The van der Waals surface area contributed by atoms with Crippen molar-refractivity contribution in [1.29, 1.82) is 0 Å². The first kappa shape index (κ1) is 24.1. The standard InChI is InChI=1S/C16H35NO3.C2H6/c1-13(2,17)11-15(5,6)19-9-10-20-16(7,8)12-14(3,4)18;1-2/h18H,9-12,17H2,1-8H3;1-2H3. The van der Waals surface area contributed by atoms with Gasteiger partial charge in [-0.25, -0.2) is 0 Å². The monoisotopic (exact) mass is 319 g/mol. The van der Waals surface area contributed by atoms with Crippen LogP contribution in [0.1, 0.15) is 82.1 Å². The number of ether oxygens (including phenoxy) is 2. The summed E-state index contributed by atoms with van der Waals surface area (Å²) in [7, 11) is 0. The van der Waals surface area contributed by atoms with Crippen molar-refractivity contribution in [1.82, 2.24) is 0 Å². The zero-order valence-electron chi connectivity index (χ0n) is 16.7. The molecule has 136 valence electrons. The van der Waals surface area contributed by atoms with E-state index >= 15 is 0 Å². The Kier molecular flexibility index (Phi) is 10.1. The lowest BCUT2D eigenvalue weighted by molar-refractivity contribution is -0.111. The molecule has 0 radical (unpaired) electrons. The summed E-state index contributed by atoms with van der Waals surface area (Å²) in [6, 6.07) is 0. The Balaban J connectivity index is 0. The highest BCUT2D eigenvalue weighted by Gasteiger charge is 2.29.